The van der Waals surface area contributed by atoms with Crippen molar-refractivity contribution >= 4 is 34.2 Å². The Morgan fingerprint density at radius 2 is 1.88 bits per heavy atom. The average Bonchev–Trinajstić information content (AvgIpc) is 2.91. The molecule has 1 fully saturated rings. The van der Waals surface area contributed by atoms with Crippen LogP contribution in [0.3, 0.4) is 0 Å². The fourth-order valence-corrected chi connectivity index (χ4v) is 4.11. The molecule has 1 N–H and O–H groups in total. The van der Waals surface area contributed by atoms with E-state index in [0.29, 0.717) is 16.6 Å². The number of ether oxygens (including phenoxy) is 2. The van der Waals surface area contributed by atoms with E-state index in [1.807, 2.05) is 0 Å². The topological polar surface area (TPSA) is 84.9 Å². The average molecular weight is 368 g/mol. The lowest BCUT2D eigenvalue weighted by molar-refractivity contribution is -0.118. The van der Waals surface area contributed by atoms with Gasteiger partial charge in [-0.2, -0.15) is 0 Å². The van der Waals surface area contributed by atoms with Gasteiger partial charge in [0.1, 0.15) is 9.88 Å². The highest BCUT2D eigenvalue weighted by Gasteiger charge is 2.27. The van der Waals surface area contributed by atoms with Crippen molar-refractivity contribution in [3.8, 4) is 0 Å². The van der Waals surface area contributed by atoms with Crippen LogP contribution >= 0.6 is 11.3 Å². The van der Waals surface area contributed by atoms with Crippen LogP contribution in [0, 0.1) is 6.92 Å². The van der Waals surface area contributed by atoms with Crippen LogP contribution < -0.4 is 5.32 Å². The minimum atomic E-state index is -0.592. The van der Waals surface area contributed by atoms with E-state index < -0.39 is 11.9 Å². The number of carbonyl (C=O) groups is 3. The van der Waals surface area contributed by atoms with Crippen molar-refractivity contribution in [3.63, 3.8) is 0 Å². The molecule has 2 rings (SSSR count). The Bertz CT molecular complexity index is 670. The van der Waals surface area contributed by atoms with Gasteiger partial charge in [0.15, 0.2) is 0 Å². The predicted octanol–water partition coefficient (Wildman–Crippen LogP) is 2.44. The number of hydrogen-bond acceptors (Lipinski definition) is 7. The Balaban J connectivity index is 2.20. The molecule has 0 bridgehead atoms. The number of rotatable bonds is 5. The van der Waals surface area contributed by atoms with Gasteiger partial charge >= 0.3 is 11.9 Å². The number of nitrogens with zero attached hydrogens (tertiary/aromatic N) is 1. The summed E-state index contributed by atoms with van der Waals surface area (Å²) >= 11 is 1.03. The summed E-state index contributed by atoms with van der Waals surface area (Å²) in [5.41, 5.74) is 0.651. The molecule has 1 aromatic rings. The van der Waals surface area contributed by atoms with Crippen molar-refractivity contribution < 1.29 is 23.9 Å². The molecule has 1 aliphatic rings. The fourth-order valence-electron chi connectivity index (χ4n) is 2.98. The summed E-state index contributed by atoms with van der Waals surface area (Å²) in [6.07, 6.45) is 3.33. The van der Waals surface area contributed by atoms with Crippen LogP contribution in [0.4, 0.5) is 5.00 Å². The third kappa shape index (κ3) is 4.38. The predicted molar refractivity (Wildman–Crippen MR) is 95.3 cm³/mol. The zero-order chi connectivity index (χ0) is 18.6. The van der Waals surface area contributed by atoms with Crippen LogP contribution in [-0.2, 0) is 14.3 Å². The van der Waals surface area contributed by atoms with E-state index in [2.05, 4.69) is 17.1 Å². The number of hydrogen-bond donors (Lipinski definition) is 1. The smallest absolute Gasteiger partial charge is 0.348 e. The highest BCUT2D eigenvalue weighted by atomic mass is 32.1. The van der Waals surface area contributed by atoms with Crippen LogP contribution in [0.15, 0.2) is 0 Å². The molecule has 0 saturated carbocycles. The molecule has 1 amide bonds. The van der Waals surface area contributed by atoms with Gasteiger partial charge in [-0.1, -0.05) is 6.42 Å². The van der Waals surface area contributed by atoms with Gasteiger partial charge in [-0.15, -0.1) is 11.3 Å². The summed E-state index contributed by atoms with van der Waals surface area (Å²) in [5.74, 6) is -1.35. The molecular formula is C17H24N2O5S. The second-order valence-corrected chi connectivity index (χ2v) is 7.13. The molecular weight excluding hydrogens is 344 g/mol. The summed E-state index contributed by atoms with van der Waals surface area (Å²) < 4.78 is 9.52. The van der Waals surface area contributed by atoms with Crippen LogP contribution in [0.25, 0.3) is 0 Å². The first-order valence-electron chi connectivity index (χ1n) is 8.23. The SMILES string of the molecule is COC(=O)c1sc(NC(=O)CN2CCCCC2C)c(C(=O)OC)c1C. The third-order valence-electron chi connectivity index (χ3n) is 4.45. The van der Waals surface area contributed by atoms with E-state index in [1.54, 1.807) is 6.92 Å². The Labute approximate surface area is 151 Å². The number of thiophene rings is 1. The van der Waals surface area contributed by atoms with Crippen molar-refractivity contribution in [2.24, 2.45) is 0 Å². The number of nitrogens with one attached hydrogen (secondary N) is 1. The quantitative estimate of drug-likeness (QED) is 0.804. The van der Waals surface area contributed by atoms with Crippen LogP contribution in [0.5, 0.6) is 0 Å². The maximum atomic E-state index is 12.4. The Morgan fingerprint density at radius 1 is 1.20 bits per heavy atom. The maximum Gasteiger partial charge on any atom is 0.348 e. The van der Waals surface area contributed by atoms with Gasteiger partial charge in [0, 0.05) is 6.04 Å². The zero-order valence-corrected chi connectivity index (χ0v) is 15.8. The number of carbonyl (C=O) groups excluding carboxylic acids is 3. The van der Waals surface area contributed by atoms with E-state index in [1.165, 1.54) is 20.6 Å². The summed E-state index contributed by atoms with van der Waals surface area (Å²) in [4.78, 5) is 38.8. The monoisotopic (exact) mass is 368 g/mol. The van der Waals surface area contributed by atoms with E-state index in [4.69, 9.17) is 9.47 Å². The van der Waals surface area contributed by atoms with Crippen molar-refractivity contribution in [2.45, 2.75) is 39.2 Å². The minimum Gasteiger partial charge on any atom is -0.465 e. The molecule has 1 atom stereocenters. The number of piperidine rings is 1. The van der Waals surface area contributed by atoms with Gasteiger partial charge in [0.05, 0.1) is 26.3 Å². The molecule has 7 nitrogen and oxygen atoms in total. The Hall–Kier alpha value is -1.93. The lowest BCUT2D eigenvalue weighted by atomic mass is 10.0. The summed E-state index contributed by atoms with van der Waals surface area (Å²) in [6, 6.07) is 0.357. The van der Waals surface area contributed by atoms with Gasteiger partial charge in [-0.25, -0.2) is 9.59 Å². The second-order valence-electron chi connectivity index (χ2n) is 6.11. The molecule has 25 heavy (non-hydrogen) atoms. The largest absolute Gasteiger partial charge is 0.465 e. The highest BCUT2D eigenvalue weighted by molar-refractivity contribution is 7.18. The fraction of sp³-hybridized carbons (Fsp3) is 0.588. The molecule has 8 heteroatoms. The summed E-state index contributed by atoms with van der Waals surface area (Å²) in [7, 11) is 2.54. The van der Waals surface area contributed by atoms with Crippen molar-refractivity contribution in [1.29, 1.82) is 0 Å². The lowest BCUT2D eigenvalue weighted by Gasteiger charge is -2.32. The van der Waals surface area contributed by atoms with Gasteiger partial charge < -0.3 is 14.8 Å². The van der Waals surface area contributed by atoms with E-state index in [-0.39, 0.29) is 22.9 Å². The Kier molecular flexibility index (Phi) is 6.55. The zero-order valence-electron chi connectivity index (χ0n) is 15.0. The molecule has 138 valence electrons. The van der Waals surface area contributed by atoms with Crippen LogP contribution in [0.2, 0.25) is 0 Å². The molecule has 0 aliphatic carbocycles. The van der Waals surface area contributed by atoms with E-state index in [0.717, 1.165) is 30.7 Å². The number of methoxy groups -OCH3 is 2. The molecule has 2 heterocycles. The minimum absolute atomic E-state index is 0.202. The van der Waals surface area contributed by atoms with E-state index >= 15 is 0 Å². The van der Waals surface area contributed by atoms with Gasteiger partial charge in [0.25, 0.3) is 0 Å². The van der Waals surface area contributed by atoms with Gasteiger partial charge in [-0.05, 0) is 38.8 Å². The summed E-state index contributed by atoms with van der Waals surface area (Å²) in [5, 5.41) is 3.08. The third-order valence-corrected chi connectivity index (χ3v) is 5.63. The molecule has 0 spiro atoms. The van der Waals surface area contributed by atoms with Crippen molar-refractivity contribution in [3.05, 3.63) is 16.0 Å². The molecule has 1 saturated heterocycles. The normalized spacial score (nSPS) is 17.8. The van der Waals surface area contributed by atoms with Gasteiger partial charge in [-0.3, -0.25) is 9.69 Å². The number of likely N-dealkylation sites (tertiary alicyclic amines) is 1. The molecule has 1 aromatic heterocycles. The van der Waals surface area contributed by atoms with Crippen molar-refractivity contribution in [1.82, 2.24) is 4.90 Å². The van der Waals surface area contributed by atoms with Crippen molar-refractivity contribution in [2.75, 3.05) is 32.6 Å². The van der Waals surface area contributed by atoms with Gasteiger partial charge in [0.2, 0.25) is 5.91 Å². The molecule has 1 aliphatic heterocycles. The molecule has 1 unspecified atom stereocenters. The first-order valence-corrected chi connectivity index (χ1v) is 9.04. The first-order chi connectivity index (χ1) is 11.9. The second kappa shape index (κ2) is 8.44. The molecule has 0 aromatic carbocycles. The standard InChI is InChI=1S/C17H24N2O5S/c1-10-7-5-6-8-19(10)9-12(20)18-15-13(16(21)23-3)11(2)14(25-15)17(22)24-4/h10H,5-9H2,1-4H3,(H,18,20). The molecule has 0 radical (unpaired) electrons. The number of esters is 2. The van der Waals surface area contributed by atoms with E-state index in [9.17, 15) is 14.4 Å². The highest BCUT2D eigenvalue weighted by Crippen LogP contribution is 2.34. The summed E-state index contributed by atoms with van der Waals surface area (Å²) in [6.45, 7) is 4.88. The lowest BCUT2D eigenvalue weighted by Crippen LogP contribution is -2.42. The Morgan fingerprint density at radius 3 is 2.48 bits per heavy atom. The maximum absolute atomic E-state index is 12.4. The number of anilines is 1. The first kappa shape index (κ1) is 19.4. The van der Waals surface area contributed by atoms with Crippen LogP contribution in [-0.4, -0.2) is 56.1 Å². The number of amides is 1. The van der Waals surface area contributed by atoms with Crippen LogP contribution in [0.1, 0.15) is 51.8 Å².